The van der Waals surface area contributed by atoms with Crippen LogP contribution < -0.4 is 5.32 Å². The number of rotatable bonds is 1. The summed E-state index contributed by atoms with van der Waals surface area (Å²) in [6.45, 7) is 0.834. The van der Waals surface area contributed by atoms with E-state index in [0.29, 0.717) is 12.0 Å². The molecule has 0 spiro atoms. The number of aromatic amines is 1. The first-order valence-electron chi connectivity index (χ1n) is 6.64. The van der Waals surface area contributed by atoms with E-state index < -0.39 is 0 Å². The topological polar surface area (TPSA) is 44.9 Å². The second kappa shape index (κ2) is 3.69. The fourth-order valence-corrected chi connectivity index (χ4v) is 3.67. The van der Waals surface area contributed by atoms with E-state index in [-0.39, 0.29) is 5.92 Å². The van der Waals surface area contributed by atoms with Crippen molar-refractivity contribution in [1.82, 2.24) is 10.3 Å². The lowest BCUT2D eigenvalue weighted by Crippen LogP contribution is -2.47. The van der Waals surface area contributed by atoms with Crippen molar-refractivity contribution in [2.75, 3.05) is 6.54 Å². The summed E-state index contributed by atoms with van der Waals surface area (Å²) in [6.07, 6.45) is 5.31. The Morgan fingerprint density at radius 2 is 2.28 bits per heavy atom. The number of carbonyl (C=O) groups is 1. The number of hydrogen-bond donors (Lipinski definition) is 2. The van der Waals surface area contributed by atoms with Gasteiger partial charge in [0.05, 0.1) is 0 Å². The second-order valence-electron chi connectivity index (χ2n) is 5.54. The Kier molecular flexibility index (Phi) is 2.12. The average Bonchev–Trinajstić information content (AvgIpc) is 2.83. The Labute approximate surface area is 106 Å². The molecule has 0 radical (unpaired) electrons. The van der Waals surface area contributed by atoms with Crippen LogP contribution in [-0.2, 0) is 11.2 Å². The maximum absolute atomic E-state index is 11.0. The fraction of sp³-hybridized carbons (Fsp3) is 0.400. The van der Waals surface area contributed by atoms with Gasteiger partial charge < -0.3 is 15.1 Å². The van der Waals surface area contributed by atoms with Gasteiger partial charge in [-0.15, -0.1) is 0 Å². The zero-order valence-corrected chi connectivity index (χ0v) is 10.1. The Balaban J connectivity index is 1.87. The summed E-state index contributed by atoms with van der Waals surface area (Å²) in [6, 6.07) is 6.97. The van der Waals surface area contributed by atoms with Crippen LogP contribution in [0.15, 0.2) is 24.4 Å². The highest BCUT2D eigenvalue weighted by atomic mass is 16.1. The van der Waals surface area contributed by atoms with Crippen LogP contribution in [-0.4, -0.2) is 23.9 Å². The molecule has 0 amide bonds. The Hall–Kier alpha value is -1.61. The van der Waals surface area contributed by atoms with Gasteiger partial charge >= 0.3 is 0 Å². The molecular formula is C15H16N2O. The Morgan fingerprint density at radius 3 is 3.17 bits per heavy atom. The van der Waals surface area contributed by atoms with Crippen LogP contribution in [0.25, 0.3) is 10.9 Å². The van der Waals surface area contributed by atoms with Crippen molar-refractivity contribution >= 4 is 17.2 Å². The molecule has 3 nitrogen and oxygen atoms in total. The Bertz CT molecular complexity index is 616. The number of benzene rings is 1. The third-order valence-electron chi connectivity index (χ3n) is 4.54. The first-order chi connectivity index (χ1) is 8.86. The van der Waals surface area contributed by atoms with E-state index >= 15 is 0 Å². The number of aromatic nitrogens is 1. The van der Waals surface area contributed by atoms with Gasteiger partial charge in [0.1, 0.15) is 6.29 Å². The summed E-state index contributed by atoms with van der Waals surface area (Å²) >= 11 is 0. The Morgan fingerprint density at radius 1 is 1.33 bits per heavy atom. The molecule has 1 aromatic heterocycles. The number of hydrogen-bond acceptors (Lipinski definition) is 2. The van der Waals surface area contributed by atoms with Crippen molar-refractivity contribution in [3.8, 4) is 0 Å². The highest BCUT2D eigenvalue weighted by Gasteiger charge is 2.35. The van der Waals surface area contributed by atoms with E-state index in [1.807, 2.05) is 0 Å². The van der Waals surface area contributed by atoms with Gasteiger partial charge in [-0.3, -0.25) is 0 Å². The fourth-order valence-electron chi connectivity index (χ4n) is 3.67. The van der Waals surface area contributed by atoms with E-state index in [1.54, 1.807) is 0 Å². The molecule has 1 aromatic carbocycles. The van der Waals surface area contributed by atoms with Crippen molar-refractivity contribution in [2.45, 2.75) is 24.8 Å². The summed E-state index contributed by atoms with van der Waals surface area (Å²) < 4.78 is 0. The molecular weight excluding hydrogens is 224 g/mol. The normalized spacial score (nSPS) is 30.1. The van der Waals surface area contributed by atoms with Crippen molar-refractivity contribution in [3.63, 3.8) is 0 Å². The van der Waals surface area contributed by atoms with Crippen molar-refractivity contribution in [2.24, 2.45) is 5.92 Å². The third kappa shape index (κ3) is 1.31. The zero-order chi connectivity index (χ0) is 12.1. The first kappa shape index (κ1) is 10.3. The molecule has 0 saturated carbocycles. The minimum absolute atomic E-state index is 0.169. The van der Waals surface area contributed by atoms with E-state index in [0.717, 1.165) is 25.7 Å². The number of fused-ring (bicyclic) bond motifs is 2. The number of nitrogens with one attached hydrogen (secondary N) is 2. The van der Waals surface area contributed by atoms with Gasteiger partial charge in [-0.2, -0.15) is 0 Å². The van der Waals surface area contributed by atoms with Gasteiger partial charge in [0, 0.05) is 41.5 Å². The molecule has 1 unspecified atom stereocenters. The highest BCUT2D eigenvalue weighted by Crippen LogP contribution is 2.41. The summed E-state index contributed by atoms with van der Waals surface area (Å²) in [5, 5.41) is 4.95. The lowest BCUT2D eigenvalue weighted by Gasteiger charge is -2.38. The van der Waals surface area contributed by atoms with E-state index in [1.165, 1.54) is 22.0 Å². The van der Waals surface area contributed by atoms with E-state index in [4.69, 9.17) is 0 Å². The molecule has 3 atom stereocenters. The van der Waals surface area contributed by atoms with Crippen molar-refractivity contribution in [1.29, 1.82) is 0 Å². The van der Waals surface area contributed by atoms with Crippen molar-refractivity contribution in [3.05, 3.63) is 35.5 Å². The minimum atomic E-state index is 0.169. The van der Waals surface area contributed by atoms with Crippen LogP contribution in [0.1, 0.15) is 23.5 Å². The third-order valence-corrected chi connectivity index (χ3v) is 4.54. The average molecular weight is 240 g/mol. The molecule has 92 valence electrons. The maximum Gasteiger partial charge on any atom is 0.124 e. The maximum atomic E-state index is 11.0. The number of aldehydes is 1. The first-order valence-corrected chi connectivity index (χ1v) is 6.64. The predicted molar refractivity (Wildman–Crippen MR) is 70.7 cm³/mol. The van der Waals surface area contributed by atoms with Gasteiger partial charge in [0.2, 0.25) is 0 Å². The predicted octanol–water partition coefficient (Wildman–Crippen LogP) is 1.98. The van der Waals surface area contributed by atoms with Crippen LogP contribution in [0.3, 0.4) is 0 Å². The van der Waals surface area contributed by atoms with Gasteiger partial charge in [0.15, 0.2) is 0 Å². The number of piperidine rings is 1. The largest absolute Gasteiger partial charge is 0.361 e. The number of H-pyrrole nitrogens is 1. The second-order valence-corrected chi connectivity index (χ2v) is 5.54. The molecule has 1 aliphatic carbocycles. The smallest absolute Gasteiger partial charge is 0.124 e. The van der Waals surface area contributed by atoms with E-state index in [2.05, 4.69) is 34.7 Å². The summed E-state index contributed by atoms with van der Waals surface area (Å²) in [4.78, 5) is 14.4. The molecule has 1 aliphatic heterocycles. The zero-order valence-electron chi connectivity index (χ0n) is 10.1. The molecule has 0 bridgehead atoms. The molecule has 1 fully saturated rings. The molecule has 4 rings (SSSR count). The molecule has 2 aliphatic rings. The monoisotopic (exact) mass is 240 g/mol. The quantitative estimate of drug-likeness (QED) is 0.749. The van der Waals surface area contributed by atoms with Crippen LogP contribution in [0.2, 0.25) is 0 Å². The van der Waals surface area contributed by atoms with Crippen LogP contribution >= 0.6 is 0 Å². The lowest BCUT2D eigenvalue weighted by molar-refractivity contribution is -0.111. The summed E-state index contributed by atoms with van der Waals surface area (Å²) in [7, 11) is 0. The standard InChI is InChI=1S/C15H16N2O/c18-8-9-4-12-11-2-1-3-13-15(11)10(7-17-13)5-14(12)16-6-9/h1-3,7-9,12,14,16-17H,4-6H2/t9?,12-,14-/m1/s1. The molecule has 3 heteroatoms. The lowest BCUT2D eigenvalue weighted by atomic mass is 9.73. The van der Waals surface area contributed by atoms with Crippen LogP contribution in [0, 0.1) is 5.92 Å². The molecule has 2 heterocycles. The van der Waals surface area contributed by atoms with Gasteiger partial charge in [-0.25, -0.2) is 0 Å². The summed E-state index contributed by atoms with van der Waals surface area (Å²) in [5.74, 6) is 0.656. The highest BCUT2D eigenvalue weighted by molar-refractivity contribution is 5.88. The SMILES string of the molecule is O=CC1CN[C@@H]2Cc3c[nH]c4cccc(c34)[C@H]2C1. The molecule has 1 saturated heterocycles. The van der Waals surface area contributed by atoms with Crippen molar-refractivity contribution < 1.29 is 4.79 Å². The molecule has 2 aromatic rings. The molecule has 2 N–H and O–H groups in total. The minimum Gasteiger partial charge on any atom is -0.361 e. The van der Waals surface area contributed by atoms with Gasteiger partial charge in [0.25, 0.3) is 0 Å². The van der Waals surface area contributed by atoms with Gasteiger partial charge in [-0.05, 0) is 30.0 Å². The van der Waals surface area contributed by atoms with E-state index in [9.17, 15) is 4.79 Å². The summed E-state index contributed by atoms with van der Waals surface area (Å²) in [5.41, 5.74) is 4.06. The number of carbonyl (C=O) groups excluding carboxylic acids is 1. The molecule has 18 heavy (non-hydrogen) atoms. The van der Waals surface area contributed by atoms with Crippen LogP contribution in [0.4, 0.5) is 0 Å². The van der Waals surface area contributed by atoms with Crippen LogP contribution in [0.5, 0.6) is 0 Å². The van der Waals surface area contributed by atoms with Gasteiger partial charge in [-0.1, -0.05) is 12.1 Å².